The highest BCUT2D eigenvalue weighted by Gasteiger charge is 2.20. The topological polar surface area (TPSA) is 82.7 Å². The molecule has 0 spiro atoms. The van der Waals surface area contributed by atoms with E-state index in [2.05, 4.69) is 16.9 Å². The van der Waals surface area contributed by atoms with Crippen LogP contribution in [0.25, 0.3) is 0 Å². The number of carboxylic acids is 1. The predicted molar refractivity (Wildman–Crippen MR) is 69.9 cm³/mol. The molecule has 0 radical (unpaired) electrons. The maximum Gasteiger partial charge on any atom is 0.339 e. The fourth-order valence-corrected chi connectivity index (χ4v) is 2.14. The van der Waals surface area contributed by atoms with E-state index in [1.807, 2.05) is 4.90 Å². The molecule has 0 aromatic carbocycles. The van der Waals surface area contributed by atoms with E-state index in [9.17, 15) is 9.90 Å². The van der Waals surface area contributed by atoms with Gasteiger partial charge in [0, 0.05) is 19.6 Å². The highest BCUT2D eigenvalue weighted by Crippen LogP contribution is 2.21. The molecule has 0 bridgehead atoms. The number of nitrogens with two attached hydrogens (primary N) is 1. The molecule has 1 aromatic heterocycles. The van der Waals surface area contributed by atoms with Gasteiger partial charge in [0.15, 0.2) is 0 Å². The average molecular weight is 250 g/mol. The molecule has 2 rings (SSSR count). The molecule has 0 amide bonds. The minimum Gasteiger partial charge on any atom is -0.478 e. The van der Waals surface area contributed by atoms with E-state index < -0.39 is 5.97 Å². The molecular weight excluding hydrogens is 232 g/mol. The van der Waals surface area contributed by atoms with Crippen LogP contribution in [0.15, 0.2) is 12.3 Å². The lowest BCUT2D eigenvalue weighted by molar-refractivity contribution is 0.0697. The Bertz CT molecular complexity index is 450. The first-order chi connectivity index (χ1) is 8.58. The van der Waals surface area contributed by atoms with Crippen molar-refractivity contribution in [3.63, 3.8) is 0 Å². The number of aromatic carboxylic acids is 1. The average Bonchev–Trinajstić information content (AvgIpc) is 2.54. The quantitative estimate of drug-likeness (QED) is 0.795. The Balaban J connectivity index is 2.29. The first-order valence-corrected chi connectivity index (χ1v) is 6.00. The lowest BCUT2D eigenvalue weighted by atomic mass is 10.2. The first kappa shape index (κ1) is 12.6. The number of pyridine rings is 1. The zero-order valence-electron chi connectivity index (χ0n) is 10.5. The van der Waals surface area contributed by atoms with E-state index in [1.165, 1.54) is 12.3 Å². The van der Waals surface area contributed by atoms with Gasteiger partial charge in [-0.1, -0.05) is 0 Å². The first-order valence-electron chi connectivity index (χ1n) is 6.00. The molecule has 1 aliphatic rings. The Labute approximate surface area is 106 Å². The van der Waals surface area contributed by atoms with E-state index in [0.717, 1.165) is 32.6 Å². The van der Waals surface area contributed by atoms with Crippen LogP contribution in [0, 0.1) is 0 Å². The summed E-state index contributed by atoms with van der Waals surface area (Å²) < 4.78 is 0. The summed E-state index contributed by atoms with van der Waals surface area (Å²) in [6.07, 6.45) is 2.51. The summed E-state index contributed by atoms with van der Waals surface area (Å²) in [5.74, 6) is -0.464. The third kappa shape index (κ3) is 2.70. The minimum atomic E-state index is -0.984. The predicted octanol–water partition coefficient (Wildman–Crippen LogP) is 0.504. The highest BCUT2D eigenvalue weighted by molar-refractivity contribution is 5.94. The van der Waals surface area contributed by atoms with Crippen molar-refractivity contribution in [1.82, 2.24) is 9.88 Å². The molecule has 18 heavy (non-hydrogen) atoms. The lowest BCUT2D eigenvalue weighted by Gasteiger charge is -2.23. The van der Waals surface area contributed by atoms with Gasteiger partial charge in [-0.15, -0.1) is 0 Å². The van der Waals surface area contributed by atoms with E-state index in [1.54, 1.807) is 0 Å². The Morgan fingerprint density at radius 3 is 2.89 bits per heavy atom. The highest BCUT2D eigenvalue weighted by atomic mass is 16.4. The summed E-state index contributed by atoms with van der Waals surface area (Å²) in [4.78, 5) is 19.7. The molecule has 0 saturated carbocycles. The Hall–Kier alpha value is -1.82. The summed E-state index contributed by atoms with van der Waals surface area (Å²) >= 11 is 0. The smallest absolute Gasteiger partial charge is 0.339 e. The second-order valence-corrected chi connectivity index (χ2v) is 4.59. The van der Waals surface area contributed by atoms with Crippen LogP contribution in [0.4, 0.5) is 11.5 Å². The van der Waals surface area contributed by atoms with Crippen molar-refractivity contribution in [2.75, 3.05) is 43.9 Å². The van der Waals surface area contributed by atoms with Crippen molar-refractivity contribution in [2.24, 2.45) is 0 Å². The number of hydrogen-bond donors (Lipinski definition) is 2. The largest absolute Gasteiger partial charge is 0.478 e. The second kappa shape index (κ2) is 5.22. The van der Waals surface area contributed by atoms with Gasteiger partial charge < -0.3 is 20.6 Å². The lowest BCUT2D eigenvalue weighted by Crippen LogP contribution is -2.30. The maximum absolute atomic E-state index is 11.2. The summed E-state index contributed by atoms with van der Waals surface area (Å²) in [6, 6.07) is 1.47. The van der Waals surface area contributed by atoms with Gasteiger partial charge in [-0.25, -0.2) is 9.78 Å². The number of carboxylic acid groups (broad SMARTS) is 1. The van der Waals surface area contributed by atoms with Gasteiger partial charge in [-0.2, -0.15) is 0 Å². The normalized spacial score (nSPS) is 17.5. The van der Waals surface area contributed by atoms with Crippen molar-refractivity contribution in [2.45, 2.75) is 6.42 Å². The molecule has 1 aromatic rings. The van der Waals surface area contributed by atoms with Gasteiger partial charge in [0.1, 0.15) is 11.4 Å². The van der Waals surface area contributed by atoms with Crippen LogP contribution in [0.1, 0.15) is 16.8 Å². The van der Waals surface area contributed by atoms with Crippen molar-refractivity contribution >= 4 is 17.5 Å². The van der Waals surface area contributed by atoms with Gasteiger partial charge in [0.05, 0.1) is 11.9 Å². The van der Waals surface area contributed by atoms with Crippen molar-refractivity contribution in [3.05, 3.63) is 17.8 Å². The van der Waals surface area contributed by atoms with Crippen LogP contribution < -0.4 is 10.6 Å². The molecule has 1 aliphatic heterocycles. The van der Waals surface area contributed by atoms with Crippen LogP contribution in [-0.2, 0) is 0 Å². The minimum absolute atomic E-state index is 0.180. The summed E-state index contributed by atoms with van der Waals surface area (Å²) in [6.45, 7) is 3.54. The van der Waals surface area contributed by atoms with Crippen LogP contribution in [0.2, 0.25) is 0 Å². The fraction of sp³-hybridized carbons (Fsp3) is 0.500. The number of hydrogen-bond acceptors (Lipinski definition) is 5. The Morgan fingerprint density at radius 2 is 2.17 bits per heavy atom. The number of carbonyl (C=O) groups is 1. The molecule has 1 saturated heterocycles. The van der Waals surface area contributed by atoms with Gasteiger partial charge in [-0.3, -0.25) is 0 Å². The Morgan fingerprint density at radius 1 is 1.39 bits per heavy atom. The van der Waals surface area contributed by atoms with Crippen LogP contribution in [0.3, 0.4) is 0 Å². The molecule has 1 fully saturated rings. The van der Waals surface area contributed by atoms with Crippen molar-refractivity contribution in [1.29, 1.82) is 0 Å². The zero-order valence-corrected chi connectivity index (χ0v) is 10.5. The molecule has 2 heterocycles. The van der Waals surface area contributed by atoms with E-state index in [4.69, 9.17) is 5.73 Å². The monoisotopic (exact) mass is 250 g/mol. The summed E-state index contributed by atoms with van der Waals surface area (Å²) in [5, 5.41) is 9.21. The molecule has 6 nitrogen and oxygen atoms in total. The number of nitrogens with zero attached hydrogens (tertiary/aromatic N) is 3. The third-order valence-electron chi connectivity index (χ3n) is 3.14. The molecule has 0 aliphatic carbocycles. The molecule has 98 valence electrons. The van der Waals surface area contributed by atoms with Crippen LogP contribution in [-0.4, -0.2) is 54.2 Å². The van der Waals surface area contributed by atoms with E-state index in [0.29, 0.717) is 11.5 Å². The molecule has 0 unspecified atom stereocenters. The zero-order chi connectivity index (χ0) is 13.1. The third-order valence-corrected chi connectivity index (χ3v) is 3.14. The summed E-state index contributed by atoms with van der Waals surface area (Å²) in [5.41, 5.74) is 6.15. The van der Waals surface area contributed by atoms with Gasteiger partial charge >= 0.3 is 5.97 Å². The number of aromatic nitrogens is 1. The molecular formula is C12H18N4O2. The van der Waals surface area contributed by atoms with Gasteiger partial charge in [0.25, 0.3) is 0 Å². The number of anilines is 2. The molecule has 0 atom stereocenters. The molecule has 3 N–H and O–H groups in total. The van der Waals surface area contributed by atoms with Gasteiger partial charge in [0.2, 0.25) is 0 Å². The standard InChI is InChI=1S/C12H18N4O2/c1-15-3-2-4-16(6-5-15)11-10(12(17)18)7-9(13)8-14-11/h7-8H,2-6,13H2,1H3,(H,17,18). The van der Waals surface area contributed by atoms with E-state index >= 15 is 0 Å². The number of likely N-dealkylation sites (N-methyl/N-ethyl adjacent to an activating group) is 1. The SMILES string of the molecule is CN1CCCN(c2ncc(N)cc2C(=O)O)CC1. The molecule has 6 heteroatoms. The van der Waals surface area contributed by atoms with Crippen LogP contribution in [0.5, 0.6) is 0 Å². The maximum atomic E-state index is 11.2. The summed E-state index contributed by atoms with van der Waals surface area (Å²) in [7, 11) is 2.07. The second-order valence-electron chi connectivity index (χ2n) is 4.59. The van der Waals surface area contributed by atoms with E-state index in [-0.39, 0.29) is 5.56 Å². The van der Waals surface area contributed by atoms with Gasteiger partial charge in [-0.05, 0) is 26.1 Å². The van der Waals surface area contributed by atoms with Crippen molar-refractivity contribution < 1.29 is 9.90 Å². The Kier molecular flexibility index (Phi) is 3.66. The number of nitrogen functional groups attached to an aromatic ring is 1. The fourth-order valence-electron chi connectivity index (χ4n) is 2.14. The van der Waals surface area contributed by atoms with Crippen molar-refractivity contribution in [3.8, 4) is 0 Å². The van der Waals surface area contributed by atoms with Crippen LogP contribution >= 0.6 is 0 Å². The number of rotatable bonds is 2.